The second kappa shape index (κ2) is 8.73. The van der Waals surface area contributed by atoms with Crippen LogP contribution in [-0.4, -0.2) is 25.8 Å². The van der Waals surface area contributed by atoms with Crippen LogP contribution in [0.1, 0.15) is 58.8 Å². The highest BCUT2D eigenvalue weighted by atomic mass is 28.3. The van der Waals surface area contributed by atoms with E-state index in [-0.39, 0.29) is 5.91 Å². The van der Waals surface area contributed by atoms with Crippen molar-refractivity contribution in [2.24, 2.45) is 0 Å². The van der Waals surface area contributed by atoms with Crippen molar-refractivity contribution in [1.82, 2.24) is 4.57 Å². The van der Waals surface area contributed by atoms with E-state index in [1.807, 2.05) is 11.6 Å². The third-order valence-electron chi connectivity index (χ3n) is 3.77. The molecule has 0 bridgehead atoms. The summed E-state index contributed by atoms with van der Waals surface area (Å²) in [4.78, 5) is 11.4. The van der Waals surface area contributed by atoms with Crippen LogP contribution in [0.15, 0.2) is 0 Å². The fourth-order valence-corrected chi connectivity index (χ4v) is 4.41. The molecular formula is C14H31NOSi. The minimum atomic E-state index is -1.46. The third-order valence-corrected chi connectivity index (χ3v) is 7.48. The lowest BCUT2D eigenvalue weighted by Crippen LogP contribution is -2.48. The second-order valence-electron chi connectivity index (χ2n) is 5.76. The molecular weight excluding hydrogens is 226 g/mol. The molecule has 102 valence electrons. The van der Waals surface area contributed by atoms with Crippen molar-refractivity contribution >= 4 is 14.1 Å². The lowest BCUT2D eigenvalue weighted by Gasteiger charge is -2.33. The van der Waals surface area contributed by atoms with Crippen molar-refractivity contribution in [3.63, 3.8) is 0 Å². The molecule has 0 N–H and O–H groups in total. The number of hydrogen-bond acceptors (Lipinski definition) is 1. The normalized spacial score (nSPS) is 11.6. The van der Waals surface area contributed by atoms with Crippen LogP contribution < -0.4 is 0 Å². The highest BCUT2D eigenvalue weighted by Crippen LogP contribution is 2.19. The van der Waals surface area contributed by atoms with Gasteiger partial charge in [-0.05, 0) is 6.04 Å². The van der Waals surface area contributed by atoms with E-state index in [0.29, 0.717) is 0 Å². The lowest BCUT2D eigenvalue weighted by molar-refractivity contribution is -0.124. The zero-order valence-electron chi connectivity index (χ0n) is 12.5. The summed E-state index contributed by atoms with van der Waals surface area (Å²) in [6.45, 7) is 8.53. The zero-order chi connectivity index (χ0) is 13.3. The summed E-state index contributed by atoms with van der Waals surface area (Å²) in [6, 6.07) is 1.25. The van der Waals surface area contributed by atoms with Gasteiger partial charge in [-0.15, -0.1) is 0 Å². The SMILES string of the molecule is CCCCCCCCC[Si](C)(C)N(C)C(C)=O. The Balaban J connectivity index is 3.62. The van der Waals surface area contributed by atoms with E-state index in [2.05, 4.69) is 20.0 Å². The molecule has 0 heterocycles. The average Bonchev–Trinajstić information content (AvgIpc) is 2.26. The second-order valence-corrected chi connectivity index (χ2v) is 10.6. The Hall–Kier alpha value is -0.313. The molecule has 0 radical (unpaired) electrons. The first-order valence-corrected chi connectivity index (χ1v) is 10.3. The Kier molecular flexibility index (Phi) is 8.57. The quantitative estimate of drug-likeness (QED) is 0.442. The molecule has 0 fully saturated rings. The molecule has 0 saturated carbocycles. The van der Waals surface area contributed by atoms with Crippen LogP contribution in [0.2, 0.25) is 19.1 Å². The van der Waals surface area contributed by atoms with E-state index in [1.54, 1.807) is 6.92 Å². The van der Waals surface area contributed by atoms with E-state index in [1.165, 1.54) is 51.0 Å². The number of amides is 1. The number of unbranched alkanes of at least 4 members (excludes halogenated alkanes) is 6. The Labute approximate surface area is 109 Å². The van der Waals surface area contributed by atoms with Gasteiger partial charge in [0, 0.05) is 14.0 Å². The van der Waals surface area contributed by atoms with Gasteiger partial charge in [0.15, 0.2) is 8.24 Å². The standard InChI is InChI=1S/C14H31NOSi/c1-6-7-8-9-10-11-12-13-17(4,5)15(3)14(2)16/h6-13H2,1-5H3. The summed E-state index contributed by atoms with van der Waals surface area (Å²) >= 11 is 0. The molecule has 17 heavy (non-hydrogen) atoms. The summed E-state index contributed by atoms with van der Waals surface area (Å²) in [7, 11) is 0.507. The number of hydrogen-bond donors (Lipinski definition) is 0. The molecule has 0 rings (SSSR count). The third kappa shape index (κ3) is 7.58. The van der Waals surface area contributed by atoms with Gasteiger partial charge in [-0.2, -0.15) is 0 Å². The predicted octanol–water partition coefficient (Wildman–Crippen LogP) is 4.42. The summed E-state index contributed by atoms with van der Waals surface area (Å²) in [5, 5.41) is 0. The molecule has 0 saturated heterocycles. The number of rotatable bonds is 9. The monoisotopic (exact) mass is 257 g/mol. The Bertz CT molecular complexity index is 216. The summed E-state index contributed by atoms with van der Waals surface area (Å²) in [6.07, 6.45) is 9.49. The van der Waals surface area contributed by atoms with Gasteiger partial charge >= 0.3 is 0 Å². The molecule has 0 aliphatic carbocycles. The largest absolute Gasteiger partial charge is 0.373 e. The lowest BCUT2D eigenvalue weighted by atomic mass is 10.1. The molecule has 0 aromatic rings. The van der Waals surface area contributed by atoms with E-state index >= 15 is 0 Å². The van der Waals surface area contributed by atoms with Gasteiger partial charge in [0.2, 0.25) is 5.91 Å². The van der Waals surface area contributed by atoms with Crippen molar-refractivity contribution in [3.05, 3.63) is 0 Å². The van der Waals surface area contributed by atoms with E-state index in [9.17, 15) is 4.79 Å². The molecule has 2 nitrogen and oxygen atoms in total. The minimum absolute atomic E-state index is 0.226. The highest BCUT2D eigenvalue weighted by molar-refractivity contribution is 6.76. The molecule has 0 atom stereocenters. The maximum atomic E-state index is 11.4. The smallest absolute Gasteiger partial charge is 0.211 e. The van der Waals surface area contributed by atoms with Crippen LogP contribution in [0.3, 0.4) is 0 Å². The first kappa shape index (κ1) is 16.7. The van der Waals surface area contributed by atoms with Gasteiger partial charge in [-0.3, -0.25) is 4.79 Å². The van der Waals surface area contributed by atoms with Crippen molar-refractivity contribution in [1.29, 1.82) is 0 Å². The van der Waals surface area contributed by atoms with Crippen LogP contribution >= 0.6 is 0 Å². The topological polar surface area (TPSA) is 20.3 Å². The van der Waals surface area contributed by atoms with Crippen LogP contribution in [0.25, 0.3) is 0 Å². The van der Waals surface area contributed by atoms with Crippen LogP contribution in [0, 0.1) is 0 Å². The van der Waals surface area contributed by atoms with Gasteiger partial charge in [-0.25, -0.2) is 0 Å². The zero-order valence-corrected chi connectivity index (χ0v) is 13.5. The van der Waals surface area contributed by atoms with Crippen molar-refractivity contribution < 1.29 is 4.79 Å². The highest BCUT2D eigenvalue weighted by Gasteiger charge is 2.27. The molecule has 0 spiro atoms. The van der Waals surface area contributed by atoms with Crippen molar-refractivity contribution in [2.75, 3.05) is 7.05 Å². The molecule has 0 aromatic carbocycles. The molecule has 0 unspecified atom stereocenters. The molecule has 3 heteroatoms. The maximum absolute atomic E-state index is 11.4. The molecule has 0 aliphatic rings. The van der Waals surface area contributed by atoms with E-state index < -0.39 is 8.24 Å². The van der Waals surface area contributed by atoms with Gasteiger partial charge in [-0.1, -0.05) is 65.0 Å². The van der Waals surface area contributed by atoms with E-state index in [4.69, 9.17) is 0 Å². The molecule has 1 amide bonds. The van der Waals surface area contributed by atoms with Crippen LogP contribution in [0.5, 0.6) is 0 Å². The van der Waals surface area contributed by atoms with E-state index in [0.717, 1.165) is 0 Å². The average molecular weight is 257 g/mol. The summed E-state index contributed by atoms with van der Waals surface area (Å²) < 4.78 is 2.00. The summed E-state index contributed by atoms with van der Waals surface area (Å²) in [5.41, 5.74) is 0. The van der Waals surface area contributed by atoms with Crippen molar-refractivity contribution in [3.8, 4) is 0 Å². The Morgan fingerprint density at radius 2 is 1.47 bits per heavy atom. The molecule has 0 aliphatic heterocycles. The fraction of sp³-hybridized carbons (Fsp3) is 0.929. The van der Waals surface area contributed by atoms with Crippen molar-refractivity contribution in [2.45, 2.75) is 77.9 Å². The Morgan fingerprint density at radius 1 is 1.00 bits per heavy atom. The van der Waals surface area contributed by atoms with Gasteiger partial charge in [0.1, 0.15) is 0 Å². The van der Waals surface area contributed by atoms with Gasteiger partial charge in [0.05, 0.1) is 0 Å². The first-order valence-electron chi connectivity index (χ1n) is 7.16. The minimum Gasteiger partial charge on any atom is -0.373 e. The Morgan fingerprint density at radius 3 is 1.94 bits per heavy atom. The van der Waals surface area contributed by atoms with Gasteiger partial charge < -0.3 is 4.57 Å². The summed E-state index contributed by atoms with van der Waals surface area (Å²) in [5.74, 6) is 0.226. The maximum Gasteiger partial charge on any atom is 0.211 e. The van der Waals surface area contributed by atoms with Gasteiger partial charge in [0.25, 0.3) is 0 Å². The number of carbonyl (C=O) groups is 1. The molecule has 0 aromatic heterocycles. The predicted molar refractivity (Wildman–Crippen MR) is 78.7 cm³/mol. The number of carbonyl (C=O) groups excluding carboxylic acids is 1. The fourth-order valence-electron chi connectivity index (χ4n) is 2.11. The first-order chi connectivity index (χ1) is 7.91. The van der Waals surface area contributed by atoms with Crippen LogP contribution in [-0.2, 0) is 4.79 Å². The number of nitrogens with zero attached hydrogens (tertiary/aromatic N) is 1. The van der Waals surface area contributed by atoms with Crippen LogP contribution in [0.4, 0.5) is 0 Å².